The van der Waals surface area contributed by atoms with Crippen molar-refractivity contribution in [3.63, 3.8) is 0 Å². The molecule has 10 heteroatoms. The lowest BCUT2D eigenvalue weighted by molar-refractivity contribution is -0.129. The third kappa shape index (κ3) is 5.11. The van der Waals surface area contributed by atoms with Crippen molar-refractivity contribution in [3.8, 4) is 0 Å². The summed E-state index contributed by atoms with van der Waals surface area (Å²) in [6.45, 7) is -0.214. The molecule has 0 aliphatic heterocycles. The summed E-state index contributed by atoms with van der Waals surface area (Å²) in [7, 11) is 4.30. The molecule has 0 saturated carbocycles. The molecule has 1 aromatic heterocycles. The number of anilines is 1. The van der Waals surface area contributed by atoms with Crippen molar-refractivity contribution in [2.45, 2.75) is 0 Å². The minimum absolute atomic E-state index is 0.173. The summed E-state index contributed by atoms with van der Waals surface area (Å²) in [5.74, 6) is -0.916. The zero-order valence-corrected chi connectivity index (χ0v) is 16.9. The third-order valence-corrected chi connectivity index (χ3v) is 4.58. The smallest absolute Gasteiger partial charge is 0.330 e. The predicted molar refractivity (Wildman–Crippen MR) is 109 cm³/mol. The van der Waals surface area contributed by atoms with E-state index in [0.717, 1.165) is 10.6 Å². The molecule has 8 nitrogen and oxygen atoms in total. The molecule has 1 N–H and O–H groups in total. The van der Waals surface area contributed by atoms with Crippen molar-refractivity contribution in [2.75, 3.05) is 18.9 Å². The maximum Gasteiger partial charge on any atom is 0.330 e. The number of amides is 2. The van der Waals surface area contributed by atoms with E-state index in [1.807, 2.05) is 0 Å². The first-order chi connectivity index (χ1) is 13.1. The van der Waals surface area contributed by atoms with Crippen molar-refractivity contribution in [1.29, 1.82) is 0 Å². The highest BCUT2D eigenvalue weighted by molar-refractivity contribution is 6.42. The Labute approximate surface area is 170 Å². The summed E-state index contributed by atoms with van der Waals surface area (Å²) >= 11 is 11.7. The van der Waals surface area contributed by atoms with Crippen LogP contribution >= 0.6 is 23.2 Å². The maximum atomic E-state index is 12.2. The molecular weight excluding hydrogens is 407 g/mol. The van der Waals surface area contributed by atoms with Crippen LogP contribution in [-0.4, -0.2) is 39.4 Å². The molecule has 0 saturated heterocycles. The fourth-order valence-electron chi connectivity index (χ4n) is 2.31. The number of halogens is 2. The van der Waals surface area contributed by atoms with Gasteiger partial charge in [-0.15, -0.1) is 0 Å². The molecule has 0 radical (unpaired) electrons. The van der Waals surface area contributed by atoms with E-state index in [4.69, 9.17) is 23.2 Å². The van der Waals surface area contributed by atoms with Gasteiger partial charge in [0.25, 0.3) is 5.56 Å². The molecule has 0 unspecified atom stereocenters. The van der Waals surface area contributed by atoms with Gasteiger partial charge in [-0.3, -0.25) is 19.0 Å². The number of carbonyl (C=O) groups is 2. The van der Waals surface area contributed by atoms with Crippen LogP contribution in [0.3, 0.4) is 0 Å². The molecular formula is C18H18Cl2N4O4. The predicted octanol–water partition coefficient (Wildman–Crippen LogP) is 1.50. The first kappa shape index (κ1) is 21.5. The number of likely N-dealkylation sites (N-methyl/N-ethyl adjacent to an activating group) is 1. The second-order valence-electron chi connectivity index (χ2n) is 6.05. The van der Waals surface area contributed by atoms with E-state index >= 15 is 0 Å². The van der Waals surface area contributed by atoms with E-state index in [1.54, 1.807) is 12.1 Å². The van der Waals surface area contributed by atoms with Crippen molar-refractivity contribution >= 4 is 46.8 Å². The van der Waals surface area contributed by atoms with Crippen LogP contribution in [0.1, 0.15) is 5.56 Å². The van der Waals surface area contributed by atoms with Crippen molar-refractivity contribution in [1.82, 2.24) is 14.0 Å². The Kier molecular flexibility index (Phi) is 6.82. The molecule has 0 atom stereocenters. The molecule has 148 valence electrons. The topological polar surface area (TPSA) is 93.4 Å². The largest absolute Gasteiger partial charge is 0.333 e. The van der Waals surface area contributed by atoms with Crippen LogP contribution in [0, 0.1) is 0 Å². The zero-order chi connectivity index (χ0) is 21.0. The number of hydrogen-bond acceptors (Lipinski definition) is 4. The average molecular weight is 425 g/mol. The summed E-state index contributed by atoms with van der Waals surface area (Å²) in [4.78, 5) is 49.2. The summed E-state index contributed by atoms with van der Waals surface area (Å²) < 4.78 is 2.18. The normalized spacial score (nSPS) is 10.9. The van der Waals surface area contributed by atoms with Gasteiger partial charge >= 0.3 is 5.69 Å². The number of hydrogen-bond donors (Lipinski definition) is 1. The van der Waals surface area contributed by atoms with Gasteiger partial charge in [0.2, 0.25) is 11.8 Å². The summed E-state index contributed by atoms with van der Waals surface area (Å²) in [6, 6.07) is 4.63. The number of nitrogens with zero attached hydrogens (tertiary/aromatic N) is 3. The number of carbonyl (C=O) groups excluding carboxylic acids is 2. The molecule has 2 amide bonds. The molecule has 1 aromatic carbocycles. The van der Waals surface area contributed by atoms with Gasteiger partial charge in [-0.25, -0.2) is 4.79 Å². The van der Waals surface area contributed by atoms with Gasteiger partial charge in [0.15, 0.2) is 0 Å². The summed E-state index contributed by atoms with van der Waals surface area (Å²) in [5, 5.41) is 3.27. The van der Waals surface area contributed by atoms with Crippen LogP contribution in [0.5, 0.6) is 0 Å². The monoisotopic (exact) mass is 424 g/mol. The minimum Gasteiger partial charge on any atom is -0.333 e. The molecule has 0 fully saturated rings. The Hall–Kier alpha value is -2.84. The van der Waals surface area contributed by atoms with Crippen LogP contribution in [0.15, 0.2) is 40.1 Å². The van der Waals surface area contributed by atoms with Crippen LogP contribution in [-0.2, 0) is 23.7 Å². The number of aryl methyl sites for hydroxylation is 1. The number of aromatic nitrogens is 2. The van der Waals surface area contributed by atoms with Crippen molar-refractivity contribution < 1.29 is 9.59 Å². The zero-order valence-electron chi connectivity index (χ0n) is 15.4. The lowest BCUT2D eigenvalue weighted by atomic mass is 10.3. The van der Waals surface area contributed by atoms with Gasteiger partial charge in [-0.2, -0.15) is 0 Å². The number of nitrogens with one attached hydrogen (secondary N) is 1. The SMILES string of the molecule is CN(CC(=O)Nc1ccc(Cl)c(Cl)c1)C(=O)/C=C/c1cn(C)c(=O)n(C)c1=O. The van der Waals surface area contributed by atoms with Gasteiger partial charge in [0.1, 0.15) is 0 Å². The standard InChI is InChI=1S/C18H18Cl2N4O4/c1-22(10-15(25)21-12-5-6-13(19)14(20)8-12)16(26)7-4-11-9-23(2)18(28)24(3)17(11)27/h4-9H,10H2,1-3H3,(H,21,25)/b7-4+. The lowest BCUT2D eigenvalue weighted by Gasteiger charge is -2.15. The van der Waals surface area contributed by atoms with Gasteiger partial charge in [0, 0.05) is 39.1 Å². The second kappa shape index (κ2) is 8.90. The fourth-order valence-corrected chi connectivity index (χ4v) is 2.60. The Bertz CT molecular complexity index is 1070. The van der Waals surface area contributed by atoms with E-state index in [9.17, 15) is 19.2 Å². The Morgan fingerprint density at radius 3 is 2.50 bits per heavy atom. The molecule has 1 heterocycles. The number of rotatable bonds is 5. The molecule has 0 aliphatic carbocycles. The van der Waals surface area contributed by atoms with Crippen molar-refractivity contribution in [3.05, 3.63) is 66.9 Å². The lowest BCUT2D eigenvalue weighted by Crippen LogP contribution is -2.37. The molecule has 0 aliphatic rings. The number of benzene rings is 1. The minimum atomic E-state index is -0.521. The van der Waals surface area contributed by atoms with Crippen LogP contribution in [0.25, 0.3) is 6.08 Å². The molecule has 28 heavy (non-hydrogen) atoms. The molecule has 0 spiro atoms. The fraction of sp³-hybridized carbons (Fsp3) is 0.222. The van der Waals surface area contributed by atoms with Gasteiger partial charge in [-0.05, 0) is 24.3 Å². The van der Waals surface area contributed by atoms with Crippen LogP contribution in [0.2, 0.25) is 10.0 Å². The van der Waals surface area contributed by atoms with Gasteiger partial charge in [0.05, 0.1) is 22.2 Å². The first-order valence-corrected chi connectivity index (χ1v) is 8.80. The molecule has 0 bridgehead atoms. The van der Waals surface area contributed by atoms with E-state index in [2.05, 4.69) is 5.32 Å². The summed E-state index contributed by atoms with van der Waals surface area (Å²) in [5.41, 5.74) is -0.368. The highest BCUT2D eigenvalue weighted by Gasteiger charge is 2.12. The average Bonchev–Trinajstić information content (AvgIpc) is 2.64. The van der Waals surface area contributed by atoms with E-state index in [1.165, 1.54) is 48.9 Å². The third-order valence-electron chi connectivity index (χ3n) is 3.84. The van der Waals surface area contributed by atoms with Crippen molar-refractivity contribution in [2.24, 2.45) is 14.1 Å². The molecule has 2 aromatic rings. The van der Waals surface area contributed by atoms with Gasteiger partial charge < -0.3 is 14.8 Å². The van der Waals surface area contributed by atoms with Gasteiger partial charge in [-0.1, -0.05) is 23.2 Å². The highest BCUT2D eigenvalue weighted by Crippen LogP contribution is 2.24. The maximum absolute atomic E-state index is 12.2. The quantitative estimate of drug-likeness (QED) is 0.735. The van der Waals surface area contributed by atoms with E-state index < -0.39 is 23.1 Å². The second-order valence-corrected chi connectivity index (χ2v) is 6.86. The Balaban J connectivity index is 2.03. The van der Waals surface area contributed by atoms with E-state index in [-0.39, 0.29) is 12.1 Å². The van der Waals surface area contributed by atoms with E-state index in [0.29, 0.717) is 15.7 Å². The van der Waals surface area contributed by atoms with Crippen LogP contribution in [0.4, 0.5) is 5.69 Å². The Morgan fingerprint density at radius 2 is 1.86 bits per heavy atom. The van der Waals surface area contributed by atoms with Crippen LogP contribution < -0.4 is 16.6 Å². The highest BCUT2D eigenvalue weighted by atomic mass is 35.5. The Morgan fingerprint density at radius 1 is 1.18 bits per heavy atom. The first-order valence-electron chi connectivity index (χ1n) is 8.05. The summed E-state index contributed by atoms with van der Waals surface area (Å²) in [6.07, 6.45) is 3.80. The molecule has 2 rings (SSSR count).